The van der Waals surface area contributed by atoms with Gasteiger partial charge in [0.1, 0.15) is 12.9 Å². The highest BCUT2D eigenvalue weighted by Gasteiger charge is 2.36. The van der Waals surface area contributed by atoms with E-state index in [0.717, 1.165) is 16.2 Å². The zero-order valence-corrected chi connectivity index (χ0v) is 20.0. The number of hydrogen-bond acceptors (Lipinski definition) is 3. The van der Waals surface area contributed by atoms with Gasteiger partial charge < -0.3 is 9.30 Å². The molecule has 0 N–H and O–H groups in total. The second-order valence-electron chi connectivity index (χ2n) is 8.02. The number of benzene rings is 4. The van der Waals surface area contributed by atoms with Gasteiger partial charge in [-0.3, -0.25) is 4.79 Å². The average molecular weight is 467 g/mol. The average Bonchev–Trinajstić information content (AvgIpc) is 2.92. The van der Waals surface area contributed by atoms with Crippen molar-refractivity contribution < 1.29 is 14.1 Å². The molecule has 0 radical (unpaired) electrons. The Morgan fingerprint density at radius 1 is 0.765 bits per heavy atom. The van der Waals surface area contributed by atoms with Crippen LogP contribution in [0.2, 0.25) is 0 Å². The molecule has 0 aliphatic carbocycles. The minimum atomic E-state index is -3.19. The van der Waals surface area contributed by atoms with Crippen LogP contribution in [0.4, 0.5) is 0 Å². The molecule has 0 spiro atoms. The molecule has 0 unspecified atom stereocenters. The van der Waals surface area contributed by atoms with Crippen LogP contribution < -0.4 is 15.3 Å². The highest BCUT2D eigenvalue weighted by atomic mass is 31.2. The van der Waals surface area contributed by atoms with Crippen LogP contribution in [-0.2, 0) is 4.57 Å². The third kappa shape index (κ3) is 5.27. The quantitative estimate of drug-likeness (QED) is 0.213. The zero-order valence-electron chi connectivity index (χ0n) is 19.1. The van der Waals surface area contributed by atoms with Crippen molar-refractivity contribution in [2.75, 3.05) is 7.11 Å². The summed E-state index contributed by atoms with van der Waals surface area (Å²) in [5, 5.41) is 1.48. The van der Waals surface area contributed by atoms with Gasteiger partial charge in [-0.1, -0.05) is 103 Å². The maximum atomic E-state index is 15.0. The van der Waals surface area contributed by atoms with E-state index in [1.54, 1.807) is 31.4 Å². The number of hydrogen-bond donors (Lipinski definition) is 0. The molecule has 0 aliphatic rings. The zero-order chi connectivity index (χ0) is 23.8. The standard InChI is InChI=1S/C30H27O3P/c1-33-26-20-18-25(19-21-26)30(31)23-29(22-17-24-11-5-2-6-12-24)34(32,27-13-7-3-8-14-27)28-15-9-4-10-16-28/h2-22,29H,23H2,1H3/b22-17+/t29-/m1/s1. The molecule has 1 atom stereocenters. The van der Waals surface area contributed by atoms with Gasteiger partial charge in [-0.25, -0.2) is 0 Å². The van der Waals surface area contributed by atoms with Gasteiger partial charge in [0.2, 0.25) is 0 Å². The topological polar surface area (TPSA) is 43.4 Å². The fourth-order valence-electron chi connectivity index (χ4n) is 4.02. The first-order chi connectivity index (χ1) is 16.6. The van der Waals surface area contributed by atoms with Crippen LogP contribution in [0.1, 0.15) is 22.3 Å². The van der Waals surface area contributed by atoms with Gasteiger partial charge in [0.05, 0.1) is 7.11 Å². The molecule has 4 heteroatoms. The summed E-state index contributed by atoms with van der Waals surface area (Å²) in [7, 11) is -1.60. The lowest BCUT2D eigenvalue weighted by Crippen LogP contribution is -2.26. The van der Waals surface area contributed by atoms with Crippen LogP contribution in [0, 0.1) is 0 Å². The molecule has 0 heterocycles. The van der Waals surface area contributed by atoms with E-state index < -0.39 is 12.8 Å². The first-order valence-corrected chi connectivity index (χ1v) is 13.0. The fourth-order valence-corrected chi connectivity index (χ4v) is 7.07. The largest absolute Gasteiger partial charge is 0.497 e. The van der Waals surface area contributed by atoms with Crippen molar-refractivity contribution >= 4 is 29.6 Å². The molecule has 34 heavy (non-hydrogen) atoms. The lowest BCUT2D eigenvalue weighted by atomic mass is 10.1. The Morgan fingerprint density at radius 3 is 1.76 bits per heavy atom. The van der Waals surface area contributed by atoms with E-state index in [2.05, 4.69) is 0 Å². The minimum absolute atomic E-state index is 0.0579. The highest BCUT2D eigenvalue weighted by Crippen LogP contribution is 2.51. The van der Waals surface area contributed by atoms with Gasteiger partial charge in [-0.2, -0.15) is 0 Å². The molecule has 170 valence electrons. The van der Waals surface area contributed by atoms with Gasteiger partial charge in [0.25, 0.3) is 0 Å². The van der Waals surface area contributed by atoms with Crippen LogP contribution in [0.15, 0.2) is 121 Å². The van der Waals surface area contributed by atoms with Crippen LogP contribution in [0.5, 0.6) is 5.75 Å². The summed E-state index contributed by atoms with van der Waals surface area (Å²) >= 11 is 0. The molecule has 0 aliphatic heterocycles. The van der Waals surface area contributed by atoms with Crippen LogP contribution in [-0.4, -0.2) is 18.6 Å². The van der Waals surface area contributed by atoms with Crippen molar-refractivity contribution in [3.63, 3.8) is 0 Å². The second-order valence-corrected chi connectivity index (χ2v) is 11.0. The third-order valence-corrected chi connectivity index (χ3v) is 9.28. The number of rotatable bonds is 9. The van der Waals surface area contributed by atoms with Crippen molar-refractivity contribution in [2.24, 2.45) is 0 Å². The predicted octanol–water partition coefficient (Wildman–Crippen LogP) is 6.36. The van der Waals surface area contributed by atoms with Crippen molar-refractivity contribution in [2.45, 2.75) is 12.1 Å². The van der Waals surface area contributed by atoms with Crippen LogP contribution in [0.25, 0.3) is 6.08 Å². The van der Waals surface area contributed by atoms with E-state index in [1.165, 1.54) is 0 Å². The number of ketones is 1. The van der Waals surface area contributed by atoms with Crippen molar-refractivity contribution in [1.82, 2.24) is 0 Å². The molecular weight excluding hydrogens is 439 g/mol. The summed E-state index contributed by atoms with van der Waals surface area (Å²) in [4.78, 5) is 13.4. The van der Waals surface area contributed by atoms with Gasteiger partial charge in [0.15, 0.2) is 5.78 Å². The monoisotopic (exact) mass is 466 g/mol. The summed E-state index contributed by atoms with van der Waals surface area (Å²) in [5.74, 6) is 0.633. The number of carbonyl (C=O) groups excluding carboxylic acids is 1. The van der Waals surface area contributed by atoms with Gasteiger partial charge in [-0.15, -0.1) is 0 Å². The van der Waals surface area contributed by atoms with E-state index in [0.29, 0.717) is 11.3 Å². The van der Waals surface area contributed by atoms with Crippen molar-refractivity contribution in [3.8, 4) is 5.75 Å². The molecular formula is C30H27O3P. The molecule has 0 fully saturated rings. The van der Waals surface area contributed by atoms with Gasteiger partial charge in [0, 0.05) is 28.3 Å². The Morgan fingerprint density at radius 2 is 1.26 bits per heavy atom. The number of ether oxygens (including phenoxy) is 1. The number of allylic oxidation sites excluding steroid dienone is 1. The Kier molecular flexibility index (Phi) is 7.57. The molecule has 4 rings (SSSR count). The number of carbonyl (C=O) groups is 1. The van der Waals surface area contributed by atoms with E-state index in [4.69, 9.17) is 4.74 Å². The summed E-state index contributed by atoms with van der Waals surface area (Å²) in [6, 6.07) is 35.9. The van der Waals surface area contributed by atoms with E-state index in [9.17, 15) is 9.36 Å². The molecule has 4 aromatic rings. The van der Waals surface area contributed by atoms with E-state index >= 15 is 0 Å². The Balaban J connectivity index is 1.79. The molecule has 4 aromatic carbocycles. The number of methoxy groups -OCH3 is 1. The maximum absolute atomic E-state index is 15.0. The summed E-state index contributed by atoms with van der Waals surface area (Å²) < 4.78 is 20.2. The SMILES string of the molecule is COc1ccc(C(=O)C[C@@H](/C=C/c2ccccc2)P(=O)(c2ccccc2)c2ccccc2)cc1. The lowest BCUT2D eigenvalue weighted by molar-refractivity contribution is 0.0984. The fraction of sp³-hybridized carbons (Fsp3) is 0.100. The van der Waals surface area contributed by atoms with Crippen molar-refractivity contribution in [1.29, 1.82) is 0 Å². The van der Waals surface area contributed by atoms with E-state index in [-0.39, 0.29) is 12.2 Å². The normalized spacial score (nSPS) is 12.4. The smallest absolute Gasteiger partial charge is 0.163 e. The Labute approximate surface area is 201 Å². The van der Waals surface area contributed by atoms with E-state index in [1.807, 2.05) is 103 Å². The predicted molar refractivity (Wildman–Crippen MR) is 141 cm³/mol. The molecule has 3 nitrogen and oxygen atoms in total. The lowest BCUT2D eigenvalue weighted by Gasteiger charge is -2.26. The molecule has 0 bridgehead atoms. The van der Waals surface area contributed by atoms with Crippen molar-refractivity contribution in [3.05, 3.63) is 132 Å². The maximum Gasteiger partial charge on any atom is 0.163 e. The summed E-state index contributed by atoms with van der Waals surface area (Å²) in [6.45, 7) is 0. The first kappa shape index (κ1) is 23.5. The number of Topliss-reactive ketones (excluding diaryl/α,β-unsaturated/α-hetero) is 1. The third-order valence-electron chi connectivity index (χ3n) is 5.86. The second kappa shape index (κ2) is 11.0. The summed E-state index contributed by atoms with van der Waals surface area (Å²) in [5.41, 5.74) is 1.07. The molecule has 0 aromatic heterocycles. The molecule has 0 amide bonds. The summed E-state index contributed by atoms with van der Waals surface area (Å²) in [6.07, 6.45) is 4.03. The Bertz CT molecular complexity index is 1240. The minimum Gasteiger partial charge on any atom is -0.497 e. The first-order valence-electron chi connectivity index (χ1n) is 11.2. The van der Waals surface area contributed by atoms with Crippen LogP contribution >= 0.6 is 7.14 Å². The van der Waals surface area contributed by atoms with Gasteiger partial charge >= 0.3 is 0 Å². The molecule has 0 saturated carbocycles. The van der Waals surface area contributed by atoms with Crippen LogP contribution in [0.3, 0.4) is 0 Å². The Hall–Kier alpha value is -3.68. The highest BCUT2D eigenvalue weighted by molar-refractivity contribution is 7.79. The van der Waals surface area contributed by atoms with Gasteiger partial charge in [-0.05, 0) is 29.8 Å². The molecule has 0 saturated heterocycles.